The Balaban J connectivity index is 2.34. The quantitative estimate of drug-likeness (QED) is 0.643. The zero-order valence-corrected chi connectivity index (χ0v) is 14.1. The smallest absolute Gasteiger partial charge is 0.413 e. The minimum atomic E-state index is -0.514. The second kappa shape index (κ2) is 8.94. The Kier molecular flexibility index (Phi) is 7.60. The van der Waals surface area contributed by atoms with Crippen LogP contribution in [0.5, 0.6) is 0 Å². The number of carbonyl (C=O) groups excluding carboxylic acids is 1. The number of ether oxygens (including phenoxy) is 1. The van der Waals surface area contributed by atoms with Gasteiger partial charge in [0.2, 0.25) is 0 Å². The van der Waals surface area contributed by atoms with Gasteiger partial charge in [-0.05, 0) is 52.2 Å². The van der Waals surface area contributed by atoms with E-state index in [-0.39, 0.29) is 0 Å². The van der Waals surface area contributed by atoms with E-state index in [1.165, 1.54) is 12.2 Å². The van der Waals surface area contributed by atoms with Crippen LogP contribution in [0, 0.1) is 0 Å². The Hall–Kier alpha value is -1.21. The zero-order valence-electron chi connectivity index (χ0n) is 13.3. The average molecular weight is 314 g/mol. The fraction of sp³-hybridized carbons (Fsp3) is 0.714. The number of aromatic amines is 1. The molecule has 1 aromatic heterocycles. The fourth-order valence-corrected chi connectivity index (χ4v) is 2.17. The van der Waals surface area contributed by atoms with Gasteiger partial charge in [-0.3, -0.25) is 10.4 Å². The molecule has 0 aliphatic heterocycles. The summed E-state index contributed by atoms with van der Waals surface area (Å²) in [5.74, 6) is 1.78. The summed E-state index contributed by atoms with van der Waals surface area (Å²) in [6.45, 7) is 7.11. The Morgan fingerprint density at radius 1 is 1.43 bits per heavy atom. The van der Waals surface area contributed by atoms with Crippen molar-refractivity contribution in [2.75, 3.05) is 23.9 Å². The first-order chi connectivity index (χ1) is 9.92. The van der Waals surface area contributed by atoms with Crippen LogP contribution in [0.15, 0.2) is 6.20 Å². The van der Waals surface area contributed by atoms with Crippen LogP contribution in [0.25, 0.3) is 0 Å². The fourth-order valence-electron chi connectivity index (χ4n) is 1.68. The lowest BCUT2D eigenvalue weighted by molar-refractivity contribution is 0.0635. The topological polar surface area (TPSA) is 79.0 Å². The molecule has 0 bridgehead atoms. The minimum absolute atomic E-state index is 0.479. The molecule has 0 spiro atoms. The third-order valence-corrected chi connectivity index (χ3v) is 3.31. The van der Waals surface area contributed by atoms with Crippen molar-refractivity contribution in [1.29, 1.82) is 0 Å². The zero-order chi connectivity index (χ0) is 15.7. The summed E-state index contributed by atoms with van der Waals surface area (Å²) in [6, 6.07) is 0. The van der Waals surface area contributed by atoms with Gasteiger partial charge in [-0.2, -0.15) is 16.9 Å². The monoisotopic (exact) mass is 314 g/mol. The van der Waals surface area contributed by atoms with Crippen LogP contribution in [0.2, 0.25) is 0 Å². The number of nitrogens with zero attached hydrogens (tertiary/aromatic N) is 1. The SMILES string of the molecule is CSCCCCNCc1cn[nH]c1NC(=O)OC(C)(C)C. The van der Waals surface area contributed by atoms with Gasteiger partial charge in [0, 0.05) is 12.1 Å². The van der Waals surface area contributed by atoms with Gasteiger partial charge in [0.05, 0.1) is 6.20 Å². The lowest BCUT2D eigenvalue weighted by atomic mass is 10.2. The number of aromatic nitrogens is 2. The number of thioether (sulfide) groups is 1. The average Bonchev–Trinajstić information content (AvgIpc) is 2.78. The van der Waals surface area contributed by atoms with Crippen LogP contribution in [0.3, 0.4) is 0 Å². The summed E-state index contributed by atoms with van der Waals surface area (Å²) in [5, 5.41) is 12.8. The molecule has 0 fully saturated rings. The van der Waals surface area contributed by atoms with E-state index in [1.807, 2.05) is 32.5 Å². The largest absolute Gasteiger partial charge is 0.444 e. The molecule has 0 aromatic carbocycles. The highest BCUT2D eigenvalue weighted by Gasteiger charge is 2.17. The molecule has 0 saturated carbocycles. The van der Waals surface area contributed by atoms with Crippen LogP contribution < -0.4 is 10.6 Å². The highest BCUT2D eigenvalue weighted by Crippen LogP contribution is 2.13. The first kappa shape index (κ1) is 17.8. The molecule has 120 valence electrons. The molecule has 0 saturated heterocycles. The van der Waals surface area contributed by atoms with Gasteiger partial charge in [0.1, 0.15) is 11.4 Å². The summed E-state index contributed by atoms with van der Waals surface area (Å²) >= 11 is 1.87. The minimum Gasteiger partial charge on any atom is -0.444 e. The molecule has 21 heavy (non-hydrogen) atoms. The first-order valence-corrected chi connectivity index (χ1v) is 8.53. The molecule has 0 unspecified atom stereocenters. The lowest BCUT2D eigenvalue weighted by Gasteiger charge is -2.19. The molecule has 1 heterocycles. The standard InChI is InChI=1S/C14H26N4O2S/c1-14(2,3)20-13(19)17-12-11(10-16-18-12)9-15-7-5-6-8-21-4/h10,15H,5-9H2,1-4H3,(H2,16,17,18,19). The molecule has 0 atom stereocenters. The third-order valence-electron chi connectivity index (χ3n) is 2.61. The Morgan fingerprint density at radius 3 is 2.86 bits per heavy atom. The molecule has 6 nitrogen and oxygen atoms in total. The van der Waals surface area contributed by atoms with Gasteiger partial charge in [-0.15, -0.1) is 0 Å². The molecule has 0 aliphatic rings. The molecule has 7 heteroatoms. The van der Waals surface area contributed by atoms with Crippen molar-refractivity contribution in [3.63, 3.8) is 0 Å². The molecular formula is C14H26N4O2S. The maximum Gasteiger partial charge on any atom is 0.413 e. The highest BCUT2D eigenvalue weighted by atomic mass is 32.2. The number of hydrogen-bond acceptors (Lipinski definition) is 5. The summed E-state index contributed by atoms with van der Waals surface area (Å²) in [4.78, 5) is 11.7. The number of amides is 1. The Labute approximate surface area is 130 Å². The summed E-state index contributed by atoms with van der Waals surface area (Å²) in [7, 11) is 0. The van der Waals surface area contributed by atoms with E-state index in [9.17, 15) is 4.79 Å². The number of rotatable bonds is 8. The molecule has 3 N–H and O–H groups in total. The van der Waals surface area contributed by atoms with Crippen molar-refractivity contribution in [3.8, 4) is 0 Å². The van der Waals surface area contributed by atoms with Crippen molar-refractivity contribution in [2.24, 2.45) is 0 Å². The maximum atomic E-state index is 11.7. The Bertz CT molecular complexity index is 429. The van der Waals surface area contributed by atoms with Crippen LogP contribution in [0.4, 0.5) is 10.6 Å². The third kappa shape index (κ3) is 7.96. The number of carbonyl (C=O) groups is 1. The second-order valence-corrected chi connectivity index (χ2v) is 6.76. The summed E-state index contributed by atoms with van der Waals surface area (Å²) < 4.78 is 5.22. The molecule has 1 amide bonds. The molecule has 1 rings (SSSR count). The number of H-pyrrole nitrogens is 1. The highest BCUT2D eigenvalue weighted by molar-refractivity contribution is 7.98. The van der Waals surface area contributed by atoms with Crippen LogP contribution in [-0.2, 0) is 11.3 Å². The van der Waals surface area contributed by atoms with E-state index < -0.39 is 11.7 Å². The molecular weight excluding hydrogens is 288 g/mol. The van der Waals surface area contributed by atoms with Crippen LogP contribution in [0.1, 0.15) is 39.2 Å². The lowest BCUT2D eigenvalue weighted by Crippen LogP contribution is -2.27. The molecule has 0 radical (unpaired) electrons. The van der Waals surface area contributed by atoms with Gasteiger partial charge in [0.25, 0.3) is 0 Å². The van der Waals surface area contributed by atoms with E-state index in [4.69, 9.17) is 4.74 Å². The number of hydrogen-bond donors (Lipinski definition) is 3. The van der Waals surface area contributed by atoms with E-state index in [0.29, 0.717) is 12.4 Å². The van der Waals surface area contributed by atoms with E-state index >= 15 is 0 Å². The predicted octanol–water partition coefficient (Wildman–Crippen LogP) is 2.99. The summed E-state index contributed by atoms with van der Waals surface area (Å²) in [6.07, 6.45) is 5.71. The Morgan fingerprint density at radius 2 is 2.19 bits per heavy atom. The summed E-state index contributed by atoms with van der Waals surface area (Å²) in [5.41, 5.74) is 0.408. The number of anilines is 1. The van der Waals surface area contributed by atoms with Crippen molar-refractivity contribution in [1.82, 2.24) is 15.5 Å². The number of unbranched alkanes of at least 4 members (excludes halogenated alkanes) is 1. The van der Waals surface area contributed by atoms with Gasteiger partial charge in [0.15, 0.2) is 0 Å². The van der Waals surface area contributed by atoms with Crippen LogP contribution >= 0.6 is 11.8 Å². The van der Waals surface area contributed by atoms with Gasteiger partial charge >= 0.3 is 6.09 Å². The second-order valence-electron chi connectivity index (χ2n) is 5.77. The molecule has 1 aromatic rings. The van der Waals surface area contributed by atoms with Crippen molar-refractivity contribution >= 4 is 23.7 Å². The molecule has 0 aliphatic carbocycles. The van der Waals surface area contributed by atoms with Crippen molar-refractivity contribution in [2.45, 2.75) is 45.8 Å². The van der Waals surface area contributed by atoms with E-state index in [1.54, 1.807) is 6.20 Å². The van der Waals surface area contributed by atoms with Crippen molar-refractivity contribution in [3.05, 3.63) is 11.8 Å². The maximum absolute atomic E-state index is 11.7. The van der Waals surface area contributed by atoms with Gasteiger partial charge in [-0.1, -0.05) is 0 Å². The van der Waals surface area contributed by atoms with E-state index in [2.05, 4.69) is 27.1 Å². The van der Waals surface area contributed by atoms with Gasteiger partial charge in [-0.25, -0.2) is 4.79 Å². The first-order valence-electron chi connectivity index (χ1n) is 7.14. The van der Waals surface area contributed by atoms with E-state index in [0.717, 1.165) is 18.5 Å². The normalized spacial score (nSPS) is 11.4. The number of nitrogens with one attached hydrogen (secondary N) is 3. The van der Waals surface area contributed by atoms with Crippen LogP contribution in [-0.4, -0.2) is 40.4 Å². The van der Waals surface area contributed by atoms with Crippen molar-refractivity contribution < 1.29 is 9.53 Å². The predicted molar refractivity (Wildman–Crippen MR) is 87.8 cm³/mol. The van der Waals surface area contributed by atoms with Gasteiger partial charge < -0.3 is 10.1 Å².